The second kappa shape index (κ2) is 5.28. The first-order valence-electron chi connectivity index (χ1n) is 5.28. The van der Waals surface area contributed by atoms with Crippen LogP contribution in [0.5, 0.6) is 5.75 Å². The molecule has 0 unspecified atom stereocenters. The van der Waals surface area contributed by atoms with Crippen LogP contribution in [0.2, 0.25) is 0 Å². The lowest BCUT2D eigenvalue weighted by molar-refractivity contribution is 0.0953. The van der Waals surface area contributed by atoms with Crippen molar-refractivity contribution in [3.05, 3.63) is 41.7 Å². The van der Waals surface area contributed by atoms with E-state index in [1.54, 1.807) is 42.2 Å². The van der Waals surface area contributed by atoms with E-state index in [2.05, 4.69) is 15.7 Å². The molecule has 1 amide bonds. The zero-order valence-corrected chi connectivity index (χ0v) is 9.83. The summed E-state index contributed by atoms with van der Waals surface area (Å²) in [6.07, 6.45) is 1.77. The molecule has 7 heteroatoms. The highest BCUT2D eigenvalue weighted by Crippen LogP contribution is 2.13. The van der Waals surface area contributed by atoms with E-state index < -0.39 is 0 Å². The zero-order valence-electron chi connectivity index (χ0n) is 9.83. The van der Waals surface area contributed by atoms with Crippen molar-refractivity contribution in [1.82, 2.24) is 20.4 Å². The van der Waals surface area contributed by atoms with Crippen molar-refractivity contribution in [2.24, 2.45) is 12.9 Å². The topological polar surface area (TPSA) is 95.1 Å². The van der Waals surface area contributed by atoms with Gasteiger partial charge < -0.3 is 4.74 Å². The summed E-state index contributed by atoms with van der Waals surface area (Å²) in [6.45, 7) is 0.330. The van der Waals surface area contributed by atoms with Gasteiger partial charge in [-0.3, -0.25) is 14.9 Å². The van der Waals surface area contributed by atoms with Gasteiger partial charge in [0.05, 0.1) is 6.20 Å². The number of hydrogen-bond donors (Lipinski definition) is 2. The first-order chi connectivity index (χ1) is 8.69. The number of aromatic nitrogens is 3. The Bertz CT molecular complexity index is 535. The van der Waals surface area contributed by atoms with Gasteiger partial charge in [-0.2, -0.15) is 0 Å². The highest BCUT2D eigenvalue weighted by atomic mass is 16.5. The summed E-state index contributed by atoms with van der Waals surface area (Å²) in [5.74, 6) is 5.34. The normalized spacial score (nSPS) is 10.1. The van der Waals surface area contributed by atoms with Crippen LogP contribution in [-0.4, -0.2) is 20.9 Å². The molecule has 0 aliphatic heterocycles. The first-order valence-corrected chi connectivity index (χ1v) is 5.28. The minimum absolute atomic E-state index is 0.330. The Morgan fingerprint density at radius 1 is 1.44 bits per heavy atom. The van der Waals surface area contributed by atoms with Crippen LogP contribution in [0.4, 0.5) is 0 Å². The molecule has 3 N–H and O–H groups in total. The number of nitrogens with zero attached hydrogens (tertiary/aromatic N) is 3. The number of aryl methyl sites for hydroxylation is 1. The number of benzene rings is 1. The molecule has 7 nitrogen and oxygen atoms in total. The van der Waals surface area contributed by atoms with Crippen molar-refractivity contribution in [2.75, 3.05) is 0 Å². The summed E-state index contributed by atoms with van der Waals surface area (Å²) in [4.78, 5) is 11.2. The van der Waals surface area contributed by atoms with Gasteiger partial charge in [0.15, 0.2) is 0 Å². The number of amides is 1. The third-order valence-electron chi connectivity index (χ3n) is 2.28. The smallest absolute Gasteiger partial charge is 0.265 e. The molecule has 2 aromatic rings. The summed E-state index contributed by atoms with van der Waals surface area (Å²) >= 11 is 0. The first kappa shape index (κ1) is 12.1. The lowest BCUT2D eigenvalue weighted by atomic mass is 10.2. The molecular weight excluding hydrogens is 234 g/mol. The molecule has 0 saturated carbocycles. The van der Waals surface area contributed by atoms with Crippen LogP contribution in [0.1, 0.15) is 16.1 Å². The Morgan fingerprint density at radius 3 is 2.72 bits per heavy atom. The maximum absolute atomic E-state index is 11.2. The Morgan fingerprint density at radius 2 is 2.17 bits per heavy atom. The molecule has 0 radical (unpaired) electrons. The van der Waals surface area contributed by atoms with Crippen molar-refractivity contribution >= 4 is 5.91 Å². The lowest BCUT2D eigenvalue weighted by Gasteiger charge is -2.04. The lowest BCUT2D eigenvalue weighted by Crippen LogP contribution is -2.29. The molecule has 0 spiro atoms. The quantitative estimate of drug-likeness (QED) is 0.450. The highest BCUT2D eigenvalue weighted by Gasteiger charge is 2.04. The van der Waals surface area contributed by atoms with E-state index in [4.69, 9.17) is 10.6 Å². The number of rotatable bonds is 4. The van der Waals surface area contributed by atoms with Crippen LogP contribution in [0.3, 0.4) is 0 Å². The van der Waals surface area contributed by atoms with Crippen LogP contribution in [-0.2, 0) is 13.7 Å². The molecular formula is C11H13N5O2. The van der Waals surface area contributed by atoms with Gasteiger partial charge in [-0.05, 0) is 24.3 Å². The Labute approximate surface area is 104 Å². The largest absolute Gasteiger partial charge is 0.487 e. The van der Waals surface area contributed by atoms with Crippen LogP contribution < -0.4 is 16.0 Å². The third kappa shape index (κ3) is 2.83. The molecule has 1 aromatic carbocycles. The van der Waals surface area contributed by atoms with Gasteiger partial charge in [0.25, 0.3) is 5.91 Å². The number of nitrogen functional groups attached to an aromatic ring is 1. The van der Waals surface area contributed by atoms with Crippen molar-refractivity contribution < 1.29 is 9.53 Å². The average Bonchev–Trinajstić information content (AvgIpc) is 2.82. The molecule has 2 rings (SSSR count). The van der Waals surface area contributed by atoms with Crippen molar-refractivity contribution in [2.45, 2.75) is 6.61 Å². The molecule has 94 valence electrons. The number of ether oxygens (including phenoxy) is 1. The van der Waals surface area contributed by atoms with Gasteiger partial charge in [0.2, 0.25) is 0 Å². The van der Waals surface area contributed by atoms with E-state index in [0.29, 0.717) is 17.9 Å². The minimum atomic E-state index is -0.338. The number of hydrazine groups is 1. The van der Waals surface area contributed by atoms with E-state index in [0.717, 1.165) is 5.69 Å². The maximum atomic E-state index is 11.2. The monoisotopic (exact) mass is 247 g/mol. The molecule has 1 heterocycles. The van der Waals surface area contributed by atoms with Gasteiger partial charge in [-0.25, -0.2) is 5.84 Å². The second-order valence-electron chi connectivity index (χ2n) is 3.67. The predicted molar refractivity (Wildman–Crippen MR) is 63.4 cm³/mol. The van der Waals surface area contributed by atoms with Gasteiger partial charge >= 0.3 is 0 Å². The van der Waals surface area contributed by atoms with Crippen LogP contribution >= 0.6 is 0 Å². The summed E-state index contributed by atoms with van der Waals surface area (Å²) in [6, 6.07) is 6.66. The summed E-state index contributed by atoms with van der Waals surface area (Å²) < 4.78 is 7.10. The number of hydrogen-bond acceptors (Lipinski definition) is 5. The Hall–Kier alpha value is -2.41. The molecule has 0 aliphatic rings. The van der Waals surface area contributed by atoms with E-state index in [1.165, 1.54) is 0 Å². The number of carbonyl (C=O) groups is 1. The Kier molecular flexibility index (Phi) is 3.54. The fourth-order valence-electron chi connectivity index (χ4n) is 1.40. The molecule has 1 aromatic heterocycles. The molecule has 18 heavy (non-hydrogen) atoms. The van der Waals surface area contributed by atoms with Crippen LogP contribution in [0.15, 0.2) is 30.5 Å². The predicted octanol–water partition coefficient (Wildman–Crippen LogP) is -0.00240. The van der Waals surface area contributed by atoms with E-state index in [1.807, 2.05) is 0 Å². The number of nitrogens with two attached hydrogens (primary N) is 1. The summed E-state index contributed by atoms with van der Waals surface area (Å²) in [5.41, 5.74) is 3.27. The van der Waals surface area contributed by atoms with Crippen molar-refractivity contribution in [3.63, 3.8) is 0 Å². The average molecular weight is 247 g/mol. The van der Waals surface area contributed by atoms with Gasteiger partial charge in [0.1, 0.15) is 18.1 Å². The fraction of sp³-hybridized carbons (Fsp3) is 0.182. The number of nitrogens with one attached hydrogen (secondary N) is 1. The standard InChI is InChI=1S/C11H13N5O2/c1-16-6-9(14-15-16)7-18-10-4-2-8(3-5-10)11(17)13-12/h2-6H,7,12H2,1H3,(H,13,17). The van der Waals surface area contributed by atoms with Crippen molar-refractivity contribution in [1.29, 1.82) is 0 Å². The third-order valence-corrected chi connectivity index (χ3v) is 2.28. The van der Waals surface area contributed by atoms with Crippen LogP contribution in [0.25, 0.3) is 0 Å². The summed E-state index contributed by atoms with van der Waals surface area (Å²) in [5, 5.41) is 7.69. The van der Waals surface area contributed by atoms with Crippen LogP contribution in [0, 0.1) is 0 Å². The van der Waals surface area contributed by atoms with E-state index >= 15 is 0 Å². The van der Waals surface area contributed by atoms with Gasteiger partial charge in [-0.15, -0.1) is 5.10 Å². The zero-order chi connectivity index (χ0) is 13.0. The highest BCUT2D eigenvalue weighted by molar-refractivity contribution is 5.93. The Balaban J connectivity index is 1.96. The molecule has 0 aliphatic carbocycles. The minimum Gasteiger partial charge on any atom is -0.487 e. The molecule has 0 bridgehead atoms. The maximum Gasteiger partial charge on any atom is 0.265 e. The molecule has 0 saturated heterocycles. The second-order valence-corrected chi connectivity index (χ2v) is 3.67. The van der Waals surface area contributed by atoms with Gasteiger partial charge in [-0.1, -0.05) is 5.21 Å². The molecule has 0 atom stereocenters. The van der Waals surface area contributed by atoms with E-state index in [9.17, 15) is 4.79 Å². The van der Waals surface area contributed by atoms with Gasteiger partial charge in [0, 0.05) is 12.6 Å². The number of carbonyl (C=O) groups excluding carboxylic acids is 1. The van der Waals surface area contributed by atoms with E-state index in [-0.39, 0.29) is 5.91 Å². The SMILES string of the molecule is Cn1cc(COc2ccc(C(=O)NN)cc2)nn1. The fourth-order valence-corrected chi connectivity index (χ4v) is 1.40. The summed E-state index contributed by atoms with van der Waals surface area (Å²) in [7, 11) is 1.79. The van der Waals surface area contributed by atoms with Crippen molar-refractivity contribution in [3.8, 4) is 5.75 Å². The molecule has 0 fully saturated rings.